The lowest BCUT2D eigenvalue weighted by Crippen LogP contribution is -2.18. The number of rotatable bonds is 4. The molecule has 0 aliphatic carbocycles. The van der Waals surface area contributed by atoms with Crippen LogP contribution in [0.25, 0.3) is 0 Å². The maximum absolute atomic E-state index is 5.78. The summed E-state index contributed by atoms with van der Waals surface area (Å²) in [5.74, 6) is 0. The average Bonchev–Trinajstić information content (AvgIpc) is 2.35. The van der Waals surface area contributed by atoms with Crippen LogP contribution in [0, 0.1) is 0 Å². The third-order valence-electron chi connectivity index (χ3n) is 2.88. The van der Waals surface area contributed by atoms with Crippen LogP contribution in [0.4, 0.5) is 17.1 Å². The van der Waals surface area contributed by atoms with Crippen LogP contribution < -0.4 is 16.8 Å². The van der Waals surface area contributed by atoms with Crippen LogP contribution in [0.3, 0.4) is 0 Å². The van der Waals surface area contributed by atoms with Crippen molar-refractivity contribution in [3.05, 3.63) is 54.1 Å². The van der Waals surface area contributed by atoms with E-state index in [1.54, 1.807) is 0 Å². The molecule has 2 rings (SSSR count). The van der Waals surface area contributed by atoms with Crippen molar-refractivity contribution < 1.29 is 0 Å². The molecule has 5 N–H and O–H groups in total. The van der Waals surface area contributed by atoms with Gasteiger partial charge in [0, 0.05) is 11.7 Å². The molecule has 2 aromatic rings. The van der Waals surface area contributed by atoms with Gasteiger partial charge in [-0.2, -0.15) is 0 Å². The Morgan fingerprint density at radius 2 is 1.72 bits per heavy atom. The Labute approximate surface area is 108 Å². The molecule has 0 aromatic heterocycles. The van der Waals surface area contributed by atoms with Gasteiger partial charge in [0.1, 0.15) is 0 Å². The van der Waals surface area contributed by atoms with Crippen molar-refractivity contribution >= 4 is 17.1 Å². The van der Waals surface area contributed by atoms with Gasteiger partial charge >= 0.3 is 0 Å². The Kier molecular flexibility index (Phi) is 3.72. The zero-order chi connectivity index (χ0) is 13.0. The summed E-state index contributed by atoms with van der Waals surface area (Å²) in [5, 5.41) is 3.42. The van der Waals surface area contributed by atoms with E-state index in [9.17, 15) is 0 Å². The fourth-order valence-electron chi connectivity index (χ4n) is 1.97. The standard InChI is InChI=1S/C15H19N3/c1-11(9-12-5-3-2-4-6-12)18-13-7-8-14(16)15(17)10-13/h2-8,10-11,18H,9,16-17H2,1H3. The summed E-state index contributed by atoms with van der Waals surface area (Å²) < 4.78 is 0. The summed E-state index contributed by atoms with van der Waals surface area (Å²) in [4.78, 5) is 0. The highest BCUT2D eigenvalue weighted by Crippen LogP contribution is 2.20. The van der Waals surface area contributed by atoms with Crippen LogP contribution in [-0.2, 0) is 6.42 Å². The van der Waals surface area contributed by atoms with Gasteiger partial charge in [-0.15, -0.1) is 0 Å². The van der Waals surface area contributed by atoms with Gasteiger partial charge in [0.25, 0.3) is 0 Å². The van der Waals surface area contributed by atoms with Crippen molar-refractivity contribution in [3.63, 3.8) is 0 Å². The van der Waals surface area contributed by atoms with E-state index in [0.717, 1.165) is 12.1 Å². The van der Waals surface area contributed by atoms with Gasteiger partial charge in [-0.1, -0.05) is 30.3 Å². The predicted molar refractivity (Wildman–Crippen MR) is 78.5 cm³/mol. The topological polar surface area (TPSA) is 64.1 Å². The SMILES string of the molecule is CC(Cc1ccccc1)Nc1ccc(N)c(N)c1. The summed E-state index contributed by atoms with van der Waals surface area (Å²) >= 11 is 0. The quantitative estimate of drug-likeness (QED) is 0.721. The Morgan fingerprint density at radius 3 is 2.39 bits per heavy atom. The second-order valence-electron chi connectivity index (χ2n) is 4.58. The highest BCUT2D eigenvalue weighted by molar-refractivity contribution is 5.69. The van der Waals surface area contributed by atoms with Crippen molar-refractivity contribution in [2.45, 2.75) is 19.4 Å². The molecular formula is C15H19N3. The van der Waals surface area contributed by atoms with Crippen LogP contribution in [0.2, 0.25) is 0 Å². The molecule has 1 unspecified atom stereocenters. The van der Waals surface area contributed by atoms with E-state index < -0.39 is 0 Å². The molecule has 18 heavy (non-hydrogen) atoms. The molecule has 3 nitrogen and oxygen atoms in total. The zero-order valence-corrected chi connectivity index (χ0v) is 10.6. The Bertz CT molecular complexity index is 508. The molecule has 0 radical (unpaired) electrons. The number of anilines is 3. The lowest BCUT2D eigenvalue weighted by Gasteiger charge is -2.16. The number of nitrogen functional groups attached to an aromatic ring is 2. The summed E-state index contributed by atoms with van der Waals surface area (Å²) in [6, 6.07) is 16.4. The fraction of sp³-hybridized carbons (Fsp3) is 0.200. The largest absolute Gasteiger partial charge is 0.397 e. The molecule has 0 bridgehead atoms. The minimum Gasteiger partial charge on any atom is -0.397 e. The van der Waals surface area contributed by atoms with Crippen LogP contribution >= 0.6 is 0 Å². The first-order chi connectivity index (χ1) is 8.65. The van der Waals surface area contributed by atoms with Gasteiger partial charge in [0.05, 0.1) is 11.4 Å². The second kappa shape index (κ2) is 5.45. The highest BCUT2D eigenvalue weighted by atomic mass is 14.9. The van der Waals surface area contributed by atoms with Gasteiger partial charge in [-0.05, 0) is 37.1 Å². The molecule has 0 saturated heterocycles. The normalized spacial score (nSPS) is 12.1. The van der Waals surface area contributed by atoms with E-state index in [-0.39, 0.29) is 0 Å². The molecular weight excluding hydrogens is 222 g/mol. The van der Waals surface area contributed by atoms with Crippen molar-refractivity contribution in [3.8, 4) is 0 Å². The summed E-state index contributed by atoms with van der Waals surface area (Å²) in [7, 11) is 0. The van der Waals surface area contributed by atoms with E-state index >= 15 is 0 Å². The molecule has 94 valence electrons. The average molecular weight is 241 g/mol. The first-order valence-electron chi connectivity index (χ1n) is 6.10. The summed E-state index contributed by atoms with van der Waals surface area (Å²) in [6.45, 7) is 2.15. The molecule has 1 atom stereocenters. The molecule has 0 aliphatic heterocycles. The molecule has 0 saturated carbocycles. The number of benzene rings is 2. The van der Waals surface area contributed by atoms with Crippen LogP contribution in [0.15, 0.2) is 48.5 Å². The van der Waals surface area contributed by atoms with E-state index in [0.29, 0.717) is 17.4 Å². The van der Waals surface area contributed by atoms with Gasteiger partial charge in [0.15, 0.2) is 0 Å². The molecule has 0 aliphatic rings. The van der Waals surface area contributed by atoms with Crippen molar-refractivity contribution in [2.24, 2.45) is 0 Å². The van der Waals surface area contributed by atoms with E-state index in [4.69, 9.17) is 11.5 Å². The molecule has 0 amide bonds. The summed E-state index contributed by atoms with van der Waals surface area (Å²) in [5.41, 5.74) is 15.0. The fourth-order valence-corrected chi connectivity index (χ4v) is 1.97. The third-order valence-corrected chi connectivity index (χ3v) is 2.88. The lowest BCUT2D eigenvalue weighted by molar-refractivity contribution is 0.790. The zero-order valence-electron chi connectivity index (χ0n) is 10.6. The van der Waals surface area contributed by atoms with E-state index in [1.807, 2.05) is 24.3 Å². The first-order valence-corrected chi connectivity index (χ1v) is 6.10. The predicted octanol–water partition coefficient (Wildman–Crippen LogP) is 2.89. The highest BCUT2D eigenvalue weighted by Gasteiger charge is 2.04. The van der Waals surface area contributed by atoms with Crippen LogP contribution in [-0.4, -0.2) is 6.04 Å². The van der Waals surface area contributed by atoms with Crippen molar-refractivity contribution in [2.75, 3.05) is 16.8 Å². The van der Waals surface area contributed by atoms with Crippen molar-refractivity contribution in [1.29, 1.82) is 0 Å². The minimum atomic E-state index is 0.343. The van der Waals surface area contributed by atoms with Crippen molar-refractivity contribution in [1.82, 2.24) is 0 Å². The van der Waals surface area contributed by atoms with Gasteiger partial charge in [-0.3, -0.25) is 0 Å². The summed E-state index contributed by atoms with van der Waals surface area (Å²) in [6.07, 6.45) is 0.977. The maximum atomic E-state index is 5.78. The molecule has 0 heterocycles. The number of nitrogens with two attached hydrogens (primary N) is 2. The number of nitrogens with one attached hydrogen (secondary N) is 1. The number of hydrogen-bond acceptors (Lipinski definition) is 3. The van der Waals surface area contributed by atoms with Crippen LogP contribution in [0.1, 0.15) is 12.5 Å². The second-order valence-corrected chi connectivity index (χ2v) is 4.58. The molecule has 2 aromatic carbocycles. The van der Waals surface area contributed by atoms with Gasteiger partial charge in [0.2, 0.25) is 0 Å². The third kappa shape index (κ3) is 3.17. The minimum absolute atomic E-state index is 0.343. The monoisotopic (exact) mass is 241 g/mol. The number of hydrogen-bond donors (Lipinski definition) is 3. The Hall–Kier alpha value is -2.16. The first kappa shape index (κ1) is 12.3. The maximum Gasteiger partial charge on any atom is 0.0568 e. The van der Waals surface area contributed by atoms with E-state index in [2.05, 4.69) is 36.5 Å². The smallest absolute Gasteiger partial charge is 0.0568 e. The Balaban J connectivity index is 1.99. The molecule has 0 fully saturated rings. The lowest BCUT2D eigenvalue weighted by atomic mass is 10.1. The Morgan fingerprint density at radius 1 is 1.00 bits per heavy atom. The van der Waals surface area contributed by atoms with E-state index in [1.165, 1.54) is 5.56 Å². The van der Waals surface area contributed by atoms with Crippen LogP contribution in [0.5, 0.6) is 0 Å². The van der Waals surface area contributed by atoms with Gasteiger partial charge in [-0.25, -0.2) is 0 Å². The van der Waals surface area contributed by atoms with Gasteiger partial charge < -0.3 is 16.8 Å². The molecule has 0 spiro atoms. The molecule has 3 heteroatoms.